The minimum Gasteiger partial charge on any atom is -0.305 e. The van der Waals surface area contributed by atoms with Gasteiger partial charge in [0.1, 0.15) is 5.82 Å². The van der Waals surface area contributed by atoms with Crippen molar-refractivity contribution in [2.45, 2.75) is 26.3 Å². The summed E-state index contributed by atoms with van der Waals surface area (Å²) in [4.78, 5) is 6.88. The first-order valence-electron chi connectivity index (χ1n) is 6.88. The summed E-state index contributed by atoms with van der Waals surface area (Å²) in [6, 6.07) is 8.86. The van der Waals surface area contributed by atoms with Gasteiger partial charge in [-0.25, -0.2) is 9.50 Å². The van der Waals surface area contributed by atoms with Gasteiger partial charge in [-0.15, -0.1) is 0 Å². The van der Waals surface area contributed by atoms with Crippen molar-refractivity contribution in [1.82, 2.24) is 19.9 Å². The molecule has 3 aromatic rings. The monoisotopic (exact) mass is 284 g/mol. The second-order valence-electron chi connectivity index (χ2n) is 5.26. The summed E-state index contributed by atoms with van der Waals surface area (Å²) in [7, 11) is 0. The van der Waals surface area contributed by atoms with E-state index in [0.717, 1.165) is 23.8 Å². The predicted molar refractivity (Wildman–Crippen MR) is 80.3 cm³/mol. The van der Waals surface area contributed by atoms with Crippen LogP contribution in [-0.4, -0.2) is 21.1 Å². The van der Waals surface area contributed by atoms with Crippen LogP contribution in [0.25, 0.3) is 4.96 Å². The van der Waals surface area contributed by atoms with Crippen LogP contribution in [0.5, 0.6) is 0 Å². The van der Waals surface area contributed by atoms with Gasteiger partial charge in [-0.1, -0.05) is 35.6 Å². The number of fused-ring (bicyclic) bond motifs is 3. The Morgan fingerprint density at radius 3 is 3.00 bits per heavy atom. The number of benzene rings is 1. The lowest BCUT2D eigenvalue weighted by Crippen LogP contribution is -2.30. The third-order valence-electron chi connectivity index (χ3n) is 3.90. The van der Waals surface area contributed by atoms with Crippen LogP contribution in [0.15, 0.2) is 24.3 Å². The van der Waals surface area contributed by atoms with Gasteiger partial charge in [0.15, 0.2) is 0 Å². The topological polar surface area (TPSA) is 42.2 Å². The molecular formula is C15H16N4S. The van der Waals surface area contributed by atoms with Crippen LogP contribution < -0.4 is 5.32 Å². The summed E-state index contributed by atoms with van der Waals surface area (Å²) in [5, 5.41) is 8.16. The third-order valence-corrected chi connectivity index (χ3v) is 5.03. The van der Waals surface area contributed by atoms with E-state index in [1.54, 1.807) is 11.3 Å². The number of hydrogen-bond acceptors (Lipinski definition) is 4. The molecule has 4 nitrogen and oxygen atoms in total. The van der Waals surface area contributed by atoms with Crippen LogP contribution in [-0.2, 0) is 6.42 Å². The zero-order valence-electron chi connectivity index (χ0n) is 11.6. The SMILES string of the molecule is Cc1nc2sc3c(n2n1)CCNC3c1ccccc1C. The molecule has 1 atom stereocenters. The number of thiazole rings is 1. The maximum atomic E-state index is 4.53. The maximum absolute atomic E-state index is 4.53. The average molecular weight is 284 g/mol. The Bertz CT molecular complexity index is 786. The van der Waals surface area contributed by atoms with E-state index in [4.69, 9.17) is 0 Å². The molecule has 1 N–H and O–H groups in total. The number of nitrogens with one attached hydrogen (secondary N) is 1. The minimum absolute atomic E-state index is 0.272. The molecule has 0 radical (unpaired) electrons. The summed E-state index contributed by atoms with van der Waals surface area (Å²) in [6.45, 7) is 5.11. The van der Waals surface area contributed by atoms with Crippen molar-refractivity contribution in [1.29, 1.82) is 0 Å². The molecule has 1 aromatic carbocycles. The lowest BCUT2D eigenvalue weighted by Gasteiger charge is -2.25. The Morgan fingerprint density at radius 1 is 1.30 bits per heavy atom. The quantitative estimate of drug-likeness (QED) is 0.747. The van der Waals surface area contributed by atoms with Gasteiger partial charge >= 0.3 is 0 Å². The van der Waals surface area contributed by atoms with Gasteiger partial charge < -0.3 is 5.32 Å². The smallest absolute Gasteiger partial charge is 0.212 e. The van der Waals surface area contributed by atoms with Crippen molar-refractivity contribution in [2.24, 2.45) is 0 Å². The molecule has 0 saturated carbocycles. The lowest BCUT2D eigenvalue weighted by atomic mass is 9.96. The number of aryl methyl sites for hydroxylation is 2. The fraction of sp³-hybridized carbons (Fsp3) is 0.333. The van der Waals surface area contributed by atoms with E-state index < -0.39 is 0 Å². The zero-order valence-corrected chi connectivity index (χ0v) is 12.4. The van der Waals surface area contributed by atoms with Crippen LogP contribution >= 0.6 is 11.3 Å². The molecule has 102 valence electrons. The van der Waals surface area contributed by atoms with Gasteiger partial charge in [0.05, 0.1) is 16.6 Å². The van der Waals surface area contributed by atoms with Gasteiger partial charge in [-0.3, -0.25) is 0 Å². The van der Waals surface area contributed by atoms with Gasteiger partial charge in [0.25, 0.3) is 0 Å². The van der Waals surface area contributed by atoms with Crippen LogP contribution in [0.3, 0.4) is 0 Å². The Morgan fingerprint density at radius 2 is 2.15 bits per heavy atom. The summed E-state index contributed by atoms with van der Waals surface area (Å²) in [5.74, 6) is 0.852. The first-order chi connectivity index (χ1) is 9.74. The fourth-order valence-electron chi connectivity index (χ4n) is 2.94. The highest BCUT2D eigenvalue weighted by Crippen LogP contribution is 2.35. The molecule has 1 unspecified atom stereocenters. The van der Waals surface area contributed by atoms with Gasteiger partial charge in [-0.05, 0) is 25.0 Å². The van der Waals surface area contributed by atoms with Crippen molar-refractivity contribution in [3.63, 3.8) is 0 Å². The van der Waals surface area contributed by atoms with Crippen LogP contribution in [0.2, 0.25) is 0 Å². The van der Waals surface area contributed by atoms with Crippen molar-refractivity contribution >= 4 is 16.3 Å². The molecule has 20 heavy (non-hydrogen) atoms. The van der Waals surface area contributed by atoms with E-state index >= 15 is 0 Å². The first kappa shape index (κ1) is 12.1. The van der Waals surface area contributed by atoms with Crippen molar-refractivity contribution in [3.05, 3.63) is 51.8 Å². The Hall–Kier alpha value is -1.72. The van der Waals surface area contributed by atoms with E-state index in [0.29, 0.717) is 0 Å². The van der Waals surface area contributed by atoms with E-state index in [1.807, 2.05) is 11.4 Å². The summed E-state index contributed by atoms with van der Waals surface area (Å²) < 4.78 is 2.03. The lowest BCUT2D eigenvalue weighted by molar-refractivity contribution is 0.559. The van der Waals surface area contributed by atoms with Crippen LogP contribution in [0.4, 0.5) is 0 Å². The van der Waals surface area contributed by atoms with Crippen molar-refractivity contribution in [2.75, 3.05) is 6.54 Å². The molecule has 5 heteroatoms. The standard InChI is InChI=1S/C15H16N4S/c1-9-5-3-4-6-11(9)13-14-12(7-8-16-13)19-15(20-14)17-10(2)18-19/h3-6,13,16H,7-8H2,1-2H3. The summed E-state index contributed by atoms with van der Waals surface area (Å²) in [6.07, 6.45) is 1.01. The largest absolute Gasteiger partial charge is 0.305 e. The molecule has 2 aromatic heterocycles. The zero-order chi connectivity index (χ0) is 13.7. The number of aromatic nitrogens is 3. The van der Waals surface area contributed by atoms with E-state index in [-0.39, 0.29) is 6.04 Å². The molecule has 0 bridgehead atoms. The Labute approximate surface area is 121 Å². The Balaban J connectivity index is 1.90. The normalized spacial score (nSPS) is 18.4. The predicted octanol–water partition coefficient (Wildman–Crippen LogP) is 2.64. The van der Waals surface area contributed by atoms with E-state index in [1.165, 1.54) is 21.7 Å². The molecule has 0 spiro atoms. The van der Waals surface area contributed by atoms with Crippen molar-refractivity contribution in [3.8, 4) is 0 Å². The van der Waals surface area contributed by atoms with Crippen LogP contribution in [0.1, 0.15) is 33.6 Å². The van der Waals surface area contributed by atoms with Gasteiger partial charge in [0, 0.05) is 13.0 Å². The second-order valence-corrected chi connectivity index (χ2v) is 6.27. The highest BCUT2D eigenvalue weighted by atomic mass is 32.1. The van der Waals surface area contributed by atoms with Crippen LogP contribution in [0, 0.1) is 13.8 Å². The van der Waals surface area contributed by atoms with E-state index in [9.17, 15) is 0 Å². The fourth-order valence-corrected chi connectivity index (χ4v) is 4.19. The Kier molecular flexibility index (Phi) is 2.65. The number of rotatable bonds is 1. The average Bonchev–Trinajstić information content (AvgIpc) is 2.95. The molecule has 0 amide bonds. The van der Waals surface area contributed by atoms with E-state index in [2.05, 4.69) is 46.6 Å². The summed E-state index contributed by atoms with van der Waals surface area (Å²) in [5.41, 5.74) is 4.00. The highest BCUT2D eigenvalue weighted by molar-refractivity contribution is 7.17. The first-order valence-corrected chi connectivity index (χ1v) is 7.69. The minimum atomic E-state index is 0.272. The molecule has 4 rings (SSSR count). The third kappa shape index (κ3) is 1.70. The van der Waals surface area contributed by atoms with Crippen molar-refractivity contribution < 1.29 is 0 Å². The summed E-state index contributed by atoms with van der Waals surface area (Å²) >= 11 is 1.76. The van der Waals surface area contributed by atoms with Gasteiger partial charge in [-0.2, -0.15) is 5.10 Å². The molecular weight excluding hydrogens is 268 g/mol. The van der Waals surface area contributed by atoms with Gasteiger partial charge in [0.2, 0.25) is 4.96 Å². The molecule has 0 saturated heterocycles. The maximum Gasteiger partial charge on any atom is 0.212 e. The molecule has 1 aliphatic heterocycles. The molecule has 0 fully saturated rings. The number of hydrogen-bond donors (Lipinski definition) is 1. The number of nitrogens with zero attached hydrogens (tertiary/aromatic N) is 3. The molecule has 0 aliphatic carbocycles. The molecule has 3 heterocycles. The second kappa shape index (κ2) is 4.40. The molecule has 1 aliphatic rings. The highest BCUT2D eigenvalue weighted by Gasteiger charge is 2.27.